The van der Waals surface area contributed by atoms with Crippen molar-refractivity contribution in [3.05, 3.63) is 0 Å². The molecule has 0 saturated carbocycles. The molecule has 2 unspecified atom stereocenters. The van der Waals surface area contributed by atoms with E-state index in [4.69, 9.17) is 29.3 Å². The normalized spacial score (nSPS) is 15.6. The van der Waals surface area contributed by atoms with Crippen molar-refractivity contribution in [3.63, 3.8) is 0 Å². The molecule has 0 aliphatic rings. The largest absolute Gasteiger partial charge is 0.481 e. The van der Waals surface area contributed by atoms with E-state index in [0.29, 0.717) is 6.61 Å². The average molecular weight is 458 g/mol. The summed E-state index contributed by atoms with van der Waals surface area (Å²) in [5, 5.41) is 26.3. The molecule has 0 aliphatic heterocycles. The lowest BCUT2D eigenvalue weighted by atomic mass is 10.1. The third kappa shape index (κ3) is 19.4. The van der Waals surface area contributed by atoms with Gasteiger partial charge in [0, 0.05) is 20.1 Å². The number of ether oxygens (including phenoxy) is 2. The number of rotatable bonds is 22. The van der Waals surface area contributed by atoms with Gasteiger partial charge in [-0.2, -0.15) is 0 Å². The van der Waals surface area contributed by atoms with E-state index in [1.165, 1.54) is 7.11 Å². The SMILES string of the molecule is CO[C@H](COCCCCCCCCCCCC(=O)O)COP(=O)(O)OCC(O)CO. The molecule has 11 heteroatoms. The van der Waals surface area contributed by atoms with Crippen LogP contribution >= 0.6 is 7.82 Å². The van der Waals surface area contributed by atoms with E-state index in [9.17, 15) is 14.3 Å². The molecule has 4 N–H and O–H groups in total. The minimum Gasteiger partial charge on any atom is -0.481 e. The monoisotopic (exact) mass is 458 g/mol. The van der Waals surface area contributed by atoms with Gasteiger partial charge in [0.25, 0.3) is 0 Å². The summed E-state index contributed by atoms with van der Waals surface area (Å²) in [6, 6.07) is 0. The van der Waals surface area contributed by atoms with Gasteiger partial charge < -0.3 is 29.7 Å². The van der Waals surface area contributed by atoms with E-state index in [0.717, 1.165) is 57.8 Å². The number of carboxylic acid groups (broad SMARTS) is 1. The molecule has 3 atom stereocenters. The zero-order valence-electron chi connectivity index (χ0n) is 17.9. The van der Waals surface area contributed by atoms with Crippen molar-refractivity contribution >= 4 is 13.8 Å². The van der Waals surface area contributed by atoms with Gasteiger partial charge >= 0.3 is 13.8 Å². The van der Waals surface area contributed by atoms with Gasteiger partial charge in [0.15, 0.2) is 0 Å². The maximum atomic E-state index is 11.7. The highest BCUT2D eigenvalue weighted by Gasteiger charge is 2.24. The number of aliphatic hydroxyl groups is 2. The Morgan fingerprint density at radius 3 is 1.97 bits per heavy atom. The summed E-state index contributed by atoms with van der Waals surface area (Å²) in [5.41, 5.74) is 0. The van der Waals surface area contributed by atoms with Crippen molar-refractivity contribution in [3.8, 4) is 0 Å². The summed E-state index contributed by atoms with van der Waals surface area (Å²) in [5.74, 6) is -0.723. The first-order valence-corrected chi connectivity index (χ1v) is 12.0. The molecule has 0 radical (unpaired) electrons. The summed E-state index contributed by atoms with van der Waals surface area (Å²) in [4.78, 5) is 19.9. The smallest absolute Gasteiger partial charge is 0.472 e. The van der Waals surface area contributed by atoms with Crippen molar-refractivity contribution < 1.29 is 48.1 Å². The highest BCUT2D eigenvalue weighted by molar-refractivity contribution is 7.47. The Balaban J connectivity index is 3.58. The molecule has 0 rings (SSSR count). The van der Waals surface area contributed by atoms with E-state index in [1.54, 1.807) is 0 Å². The lowest BCUT2D eigenvalue weighted by molar-refractivity contribution is -0.137. The van der Waals surface area contributed by atoms with E-state index in [-0.39, 0.29) is 19.6 Å². The van der Waals surface area contributed by atoms with Crippen molar-refractivity contribution in [2.75, 3.05) is 40.1 Å². The molecule has 0 saturated heterocycles. The minimum atomic E-state index is -4.33. The summed E-state index contributed by atoms with van der Waals surface area (Å²) in [6.45, 7) is -0.518. The predicted octanol–water partition coefficient (Wildman–Crippen LogP) is 2.49. The fourth-order valence-electron chi connectivity index (χ4n) is 2.56. The number of aliphatic hydroxyl groups excluding tert-OH is 2. The number of hydrogen-bond donors (Lipinski definition) is 4. The van der Waals surface area contributed by atoms with Crippen LogP contribution in [0.15, 0.2) is 0 Å². The molecule has 0 fully saturated rings. The highest BCUT2D eigenvalue weighted by atomic mass is 31.2. The second-order valence-corrected chi connectivity index (χ2v) is 8.61. The second-order valence-electron chi connectivity index (χ2n) is 7.15. The van der Waals surface area contributed by atoms with Gasteiger partial charge in [-0.1, -0.05) is 44.9 Å². The molecular formula is C19H39O10P. The maximum Gasteiger partial charge on any atom is 0.472 e. The Hall–Kier alpha value is -0.580. The molecule has 0 amide bonds. The number of unbranched alkanes of at least 4 members (excludes halogenated alkanes) is 8. The van der Waals surface area contributed by atoms with Crippen LogP contribution in [-0.4, -0.2) is 78.5 Å². The van der Waals surface area contributed by atoms with Crippen LogP contribution in [0, 0.1) is 0 Å². The van der Waals surface area contributed by atoms with Crippen molar-refractivity contribution in [1.29, 1.82) is 0 Å². The van der Waals surface area contributed by atoms with Crippen molar-refractivity contribution in [2.45, 2.75) is 76.4 Å². The highest BCUT2D eigenvalue weighted by Crippen LogP contribution is 2.43. The number of hydrogen-bond acceptors (Lipinski definition) is 8. The van der Waals surface area contributed by atoms with E-state index in [1.807, 2.05) is 0 Å². The van der Waals surface area contributed by atoms with Crippen molar-refractivity contribution in [2.24, 2.45) is 0 Å². The first-order chi connectivity index (χ1) is 14.3. The Morgan fingerprint density at radius 2 is 1.43 bits per heavy atom. The summed E-state index contributed by atoms with van der Waals surface area (Å²) < 4.78 is 31.7. The van der Waals surface area contributed by atoms with Crippen LogP contribution in [0.5, 0.6) is 0 Å². The molecular weight excluding hydrogens is 419 g/mol. The molecule has 0 heterocycles. The van der Waals surface area contributed by atoms with Crippen LogP contribution in [0.1, 0.15) is 64.2 Å². The van der Waals surface area contributed by atoms with Gasteiger partial charge in [0.05, 0.1) is 26.4 Å². The zero-order valence-corrected chi connectivity index (χ0v) is 18.8. The van der Waals surface area contributed by atoms with Crippen LogP contribution < -0.4 is 0 Å². The number of methoxy groups -OCH3 is 1. The van der Waals surface area contributed by atoms with Gasteiger partial charge in [0.1, 0.15) is 12.2 Å². The Kier molecular flexibility index (Phi) is 18.8. The van der Waals surface area contributed by atoms with Crippen LogP contribution in [0.3, 0.4) is 0 Å². The summed E-state index contributed by atoms with van der Waals surface area (Å²) in [7, 11) is -2.89. The lowest BCUT2D eigenvalue weighted by Gasteiger charge is -2.18. The third-order valence-electron chi connectivity index (χ3n) is 4.38. The number of carbonyl (C=O) groups is 1. The minimum absolute atomic E-state index is 0.202. The molecule has 0 aromatic carbocycles. The van der Waals surface area contributed by atoms with Gasteiger partial charge in [-0.3, -0.25) is 13.8 Å². The average Bonchev–Trinajstić information content (AvgIpc) is 2.71. The fraction of sp³-hybridized carbons (Fsp3) is 0.947. The van der Waals surface area contributed by atoms with Gasteiger partial charge in [-0.15, -0.1) is 0 Å². The molecule has 10 nitrogen and oxygen atoms in total. The van der Waals surface area contributed by atoms with E-state index in [2.05, 4.69) is 4.52 Å². The summed E-state index contributed by atoms with van der Waals surface area (Å²) >= 11 is 0. The number of aliphatic carboxylic acids is 1. The Bertz CT molecular complexity index is 463. The molecule has 0 spiro atoms. The van der Waals surface area contributed by atoms with Crippen molar-refractivity contribution in [1.82, 2.24) is 0 Å². The first kappa shape index (κ1) is 29.4. The number of carboxylic acids is 1. The predicted molar refractivity (Wildman–Crippen MR) is 110 cm³/mol. The second kappa shape index (κ2) is 19.1. The van der Waals surface area contributed by atoms with E-state index >= 15 is 0 Å². The summed E-state index contributed by atoms with van der Waals surface area (Å²) in [6.07, 6.45) is 7.86. The topological polar surface area (TPSA) is 152 Å². The first-order valence-electron chi connectivity index (χ1n) is 10.5. The van der Waals surface area contributed by atoms with Crippen LogP contribution in [0.4, 0.5) is 0 Å². The van der Waals surface area contributed by atoms with Gasteiger partial charge in [0.2, 0.25) is 0 Å². The number of phosphoric ester groups is 1. The van der Waals surface area contributed by atoms with Gasteiger partial charge in [-0.05, 0) is 12.8 Å². The molecule has 30 heavy (non-hydrogen) atoms. The zero-order chi connectivity index (χ0) is 22.7. The molecule has 0 aromatic rings. The lowest BCUT2D eigenvalue weighted by Crippen LogP contribution is -2.25. The van der Waals surface area contributed by atoms with E-state index < -0.39 is 39.2 Å². The van der Waals surface area contributed by atoms with Crippen LogP contribution in [-0.2, 0) is 27.9 Å². The Morgan fingerprint density at radius 1 is 0.900 bits per heavy atom. The Labute approximate surface area is 179 Å². The third-order valence-corrected chi connectivity index (χ3v) is 5.33. The number of phosphoric acid groups is 1. The molecule has 0 bridgehead atoms. The molecule has 0 aliphatic carbocycles. The standard InChI is InChI=1S/C19H39O10P/c1-26-18(16-29-30(24,25)28-14-17(21)13-20)15-27-12-10-8-6-4-2-3-5-7-9-11-19(22)23/h17-18,20-21H,2-16H2,1H3,(H,22,23)(H,24,25)/t17?,18-/m1/s1. The van der Waals surface area contributed by atoms with Crippen LogP contribution in [0.25, 0.3) is 0 Å². The molecule has 0 aromatic heterocycles. The maximum absolute atomic E-state index is 11.7. The fourth-order valence-corrected chi connectivity index (χ4v) is 3.35. The molecule has 180 valence electrons. The quantitative estimate of drug-likeness (QED) is 0.141. The van der Waals surface area contributed by atoms with Gasteiger partial charge in [-0.25, -0.2) is 4.57 Å². The van der Waals surface area contributed by atoms with Crippen LogP contribution in [0.2, 0.25) is 0 Å².